The van der Waals surface area contributed by atoms with Gasteiger partial charge in [0.05, 0.1) is 0 Å². The van der Waals surface area contributed by atoms with Crippen LogP contribution in [-0.2, 0) is 4.79 Å². The number of nitrogens with two attached hydrogens (primary N) is 1. The molecule has 0 aromatic heterocycles. The molecule has 0 spiro atoms. The van der Waals surface area contributed by atoms with Crippen LogP contribution in [0, 0.1) is 0 Å². The van der Waals surface area contributed by atoms with Crippen molar-refractivity contribution >= 4 is 5.91 Å². The first kappa shape index (κ1) is 12.2. The Hall–Kier alpha value is -0.830. The molecule has 0 radical (unpaired) electrons. The average molecular weight is 184 g/mol. The highest BCUT2D eigenvalue weighted by Gasteiger charge is 2.11. The fourth-order valence-electron chi connectivity index (χ4n) is 0.859. The van der Waals surface area contributed by atoms with Crippen molar-refractivity contribution in [1.82, 2.24) is 5.01 Å². The molecular weight excluding hydrogens is 164 g/mol. The van der Waals surface area contributed by atoms with Gasteiger partial charge in [-0.3, -0.25) is 9.80 Å². The largest absolute Gasteiger partial charge is 0.277 e. The number of hydrogen-bond acceptors (Lipinski definition) is 2. The molecule has 0 saturated heterocycles. The second-order valence-electron chi connectivity index (χ2n) is 3.48. The first-order valence-corrected chi connectivity index (χ1v) is 4.71. The van der Waals surface area contributed by atoms with Crippen molar-refractivity contribution in [2.75, 3.05) is 6.54 Å². The van der Waals surface area contributed by atoms with Gasteiger partial charge < -0.3 is 0 Å². The predicted molar refractivity (Wildman–Crippen MR) is 54.9 cm³/mol. The minimum absolute atomic E-state index is 0.0616. The number of hydrazine groups is 1. The van der Waals surface area contributed by atoms with Gasteiger partial charge >= 0.3 is 0 Å². The van der Waals surface area contributed by atoms with Gasteiger partial charge in [0.2, 0.25) is 0 Å². The third-order valence-electron chi connectivity index (χ3n) is 2.08. The molecule has 0 aliphatic carbocycles. The van der Waals surface area contributed by atoms with Crippen LogP contribution in [0.25, 0.3) is 0 Å². The summed E-state index contributed by atoms with van der Waals surface area (Å²) in [6.45, 7) is 8.36. The van der Waals surface area contributed by atoms with Crippen LogP contribution in [0.4, 0.5) is 0 Å². The van der Waals surface area contributed by atoms with E-state index in [0.717, 1.165) is 24.0 Å². The van der Waals surface area contributed by atoms with Crippen molar-refractivity contribution in [3.63, 3.8) is 0 Å². The van der Waals surface area contributed by atoms with Crippen LogP contribution in [0.3, 0.4) is 0 Å². The lowest BCUT2D eigenvalue weighted by Gasteiger charge is -2.17. The Morgan fingerprint density at radius 2 is 1.85 bits per heavy atom. The zero-order chi connectivity index (χ0) is 10.4. The Morgan fingerprint density at radius 3 is 2.23 bits per heavy atom. The summed E-state index contributed by atoms with van der Waals surface area (Å²) in [7, 11) is 0. The van der Waals surface area contributed by atoms with Gasteiger partial charge in [-0.2, -0.15) is 0 Å². The molecule has 76 valence electrons. The molecule has 0 aliphatic rings. The summed E-state index contributed by atoms with van der Waals surface area (Å²) in [5.74, 6) is 5.53. The molecule has 0 aromatic rings. The first-order valence-electron chi connectivity index (χ1n) is 4.71. The van der Waals surface area contributed by atoms with E-state index in [4.69, 9.17) is 5.84 Å². The van der Waals surface area contributed by atoms with E-state index in [2.05, 4.69) is 6.92 Å². The number of carbonyl (C=O) groups is 1. The van der Waals surface area contributed by atoms with E-state index in [1.165, 1.54) is 5.01 Å². The van der Waals surface area contributed by atoms with Gasteiger partial charge in [-0.25, -0.2) is 5.84 Å². The molecule has 0 rings (SSSR count). The van der Waals surface area contributed by atoms with E-state index in [9.17, 15) is 4.79 Å². The van der Waals surface area contributed by atoms with E-state index in [0.29, 0.717) is 6.54 Å². The molecule has 3 nitrogen and oxygen atoms in total. The van der Waals surface area contributed by atoms with Crippen molar-refractivity contribution in [2.24, 2.45) is 5.84 Å². The van der Waals surface area contributed by atoms with E-state index < -0.39 is 0 Å². The molecule has 0 aromatic carbocycles. The maximum absolute atomic E-state index is 11.5. The van der Waals surface area contributed by atoms with E-state index >= 15 is 0 Å². The quantitative estimate of drug-likeness (QED) is 0.313. The van der Waals surface area contributed by atoms with Gasteiger partial charge in [0, 0.05) is 12.1 Å². The number of unbranched alkanes of at least 4 members (excludes halogenated alkanes) is 1. The van der Waals surface area contributed by atoms with Crippen molar-refractivity contribution in [3.05, 3.63) is 11.1 Å². The maximum atomic E-state index is 11.5. The van der Waals surface area contributed by atoms with Crippen LogP contribution < -0.4 is 5.84 Å². The fraction of sp³-hybridized carbons (Fsp3) is 0.700. The average Bonchev–Trinajstić information content (AvgIpc) is 2.11. The first-order chi connectivity index (χ1) is 6.00. The van der Waals surface area contributed by atoms with Crippen molar-refractivity contribution in [1.29, 1.82) is 0 Å². The topological polar surface area (TPSA) is 46.3 Å². The maximum Gasteiger partial charge on any atom is 0.263 e. The number of hydrogen-bond donors (Lipinski definition) is 1. The zero-order valence-corrected chi connectivity index (χ0v) is 9.05. The summed E-state index contributed by atoms with van der Waals surface area (Å²) in [5.41, 5.74) is 1.77. The van der Waals surface area contributed by atoms with Crippen LogP contribution in [0.1, 0.15) is 40.5 Å². The summed E-state index contributed by atoms with van der Waals surface area (Å²) < 4.78 is 0. The molecule has 0 unspecified atom stereocenters. The molecule has 0 atom stereocenters. The number of carbonyl (C=O) groups excluding carboxylic acids is 1. The van der Waals surface area contributed by atoms with Crippen LogP contribution in [0.2, 0.25) is 0 Å². The highest BCUT2D eigenvalue weighted by molar-refractivity contribution is 5.93. The van der Waals surface area contributed by atoms with Crippen molar-refractivity contribution in [3.8, 4) is 0 Å². The summed E-state index contributed by atoms with van der Waals surface area (Å²) in [5, 5.41) is 1.30. The molecule has 0 fully saturated rings. The summed E-state index contributed by atoms with van der Waals surface area (Å²) in [4.78, 5) is 11.5. The molecule has 0 bridgehead atoms. The highest BCUT2D eigenvalue weighted by Crippen LogP contribution is 2.05. The summed E-state index contributed by atoms with van der Waals surface area (Å²) in [6, 6.07) is 0. The standard InChI is InChI=1S/C10H20N2O/c1-5-6-7-12(11)10(13)9(4)8(2)3/h5-7,11H2,1-4H3. The van der Waals surface area contributed by atoms with Gasteiger partial charge in [0.1, 0.15) is 0 Å². The third-order valence-corrected chi connectivity index (χ3v) is 2.08. The third kappa shape index (κ3) is 4.08. The lowest BCUT2D eigenvalue weighted by atomic mass is 10.1. The molecule has 0 saturated carbocycles. The molecule has 2 N–H and O–H groups in total. The minimum atomic E-state index is -0.0616. The minimum Gasteiger partial charge on any atom is -0.277 e. The lowest BCUT2D eigenvalue weighted by Crippen LogP contribution is -2.38. The van der Waals surface area contributed by atoms with Gasteiger partial charge in [0.15, 0.2) is 0 Å². The Morgan fingerprint density at radius 1 is 1.31 bits per heavy atom. The Balaban J connectivity index is 4.19. The van der Waals surface area contributed by atoms with Crippen LogP contribution in [0.5, 0.6) is 0 Å². The Bertz CT molecular complexity index is 205. The van der Waals surface area contributed by atoms with Crippen molar-refractivity contribution in [2.45, 2.75) is 40.5 Å². The van der Waals surface area contributed by atoms with Crippen LogP contribution in [0.15, 0.2) is 11.1 Å². The van der Waals surface area contributed by atoms with Crippen LogP contribution in [-0.4, -0.2) is 17.5 Å². The van der Waals surface area contributed by atoms with Gasteiger partial charge in [-0.1, -0.05) is 18.9 Å². The van der Waals surface area contributed by atoms with Crippen molar-refractivity contribution < 1.29 is 4.79 Å². The predicted octanol–water partition coefficient (Wildman–Crippen LogP) is 1.85. The SMILES string of the molecule is CCCCN(N)C(=O)C(C)=C(C)C. The summed E-state index contributed by atoms with van der Waals surface area (Å²) in [6.07, 6.45) is 2.01. The van der Waals surface area contributed by atoms with E-state index in [1.54, 1.807) is 0 Å². The van der Waals surface area contributed by atoms with Crippen LogP contribution >= 0.6 is 0 Å². The molecule has 13 heavy (non-hydrogen) atoms. The zero-order valence-electron chi connectivity index (χ0n) is 9.05. The van der Waals surface area contributed by atoms with E-state index in [1.807, 2.05) is 20.8 Å². The molecule has 0 heterocycles. The number of nitrogens with zero attached hydrogens (tertiary/aromatic N) is 1. The number of rotatable bonds is 4. The molecule has 1 amide bonds. The van der Waals surface area contributed by atoms with Gasteiger partial charge in [0.25, 0.3) is 5.91 Å². The monoisotopic (exact) mass is 184 g/mol. The molecular formula is C10H20N2O. The second kappa shape index (κ2) is 5.75. The van der Waals surface area contributed by atoms with Gasteiger partial charge in [-0.05, 0) is 27.2 Å². The fourth-order valence-corrected chi connectivity index (χ4v) is 0.859. The normalized spacial score (nSPS) is 9.62. The van der Waals surface area contributed by atoms with Gasteiger partial charge in [-0.15, -0.1) is 0 Å². The number of amides is 1. The molecule has 3 heteroatoms. The lowest BCUT2D eigenvalue weighted by molar-refractivity contribution is -0.127. The Labute approximate surface area is 80.6 Å². The highest BCUT2D eigenvalue weighted by atomic mass is 16.2. The summed E-state index contributed by atoms with van der Waals surface area (Å²) >= 11 is 0. The number of allylic oxidation sites excluding steroid dienone is 1. The smallest absolute Gasteiger partial charge is 0.263 e. The second-order valence-corrected chi connectivity index (χ2v) is 3.48. The Kier molecular flexibility index (Phi) is 5.39. The van der Waals surface area contributed by atoms with E-state index in [-0.39, 0.29) is 5.91 Å². The molecule has 0 aliphatic heterocycles.